The first-order valence-electron chi connectivity index (χ1n) is 3.39. The van der Waals surface area contributed by atoms with Gasteiger partial charge in [0.2, 0.25) is 3.79 Å². The Hall–Kier alpha value is -0.300. The standard InChI is InChI=1S/C8H3ClF3IO/c9-5-3-1-2-4(8(10,11)12)6(5)7(13)14/h1-3H. The topological polar surface area (TPSA) is 17.1 Å². The highest BCUT2D eigenvalue weighted by atomic mass is 127. The van der Waals surface area contributed by atoms with Gasteiger partial charge in [0.25, 0.3) is 0 Å². The van der Waals surface area contributed by atoms with Crippen molar-refractivity contribution < 1.29 is 18.0 Å². The van der Waals surface area contributed by atoms with E-state index in [0.29, 0.717) is 0 Å². The molecule has 0 radical (unpaired) electrons. The van der Waals surface area contributed by atoms with Crippen LogP contribution >= 0.6 is 34.2 Å². The number of hydrogen-bond donors (Lipinski definition) is 0. The lowest BCUT2D eigenvalue weighted by Gasteiger charge is -2.10. The lowest BCUT2D eigenvalue weighted by atomic mass is 10.1. The fourth-order valence-electron chi connectivity index (χ4n) is 0.960. The monoisotopic (exact) mass is 334 g/mol. The van der Waals surface area contributed by atoms with Crippen molar-refractivity contribution >= 4 is 38.0 Å². The molecule has 0 aliphatic carbocycles. The summed E-state index contributed by atoms with van der Waals surface area (Å²) in [6.07, 6.45) is -4.55. The van der Waals surface area contributed by atoms with Gasteiger partial charge in [0, 0.05) is 22.6 Å². The first-order valence-corrected chi connectivity index (χ1v) is 4.85. The Bertz CT molecular complexity index is 375. The van der Waals surface area contributed by atoms with Gasteiger partial charge in [-0.3, -0.25) is 4.79 Å². The molecule has 1 nitrogen and oxygen atoms in total. The van der Waals surface area contributed by atoms with Gasteiger partial charge in [0.1, 0.15) is 0 Å². The minimum atomic E-state index is -4.55. The summed E-state index contributed by atoms with van der Waals surface area (Å²) in [6.45, 7) is 0. The van der Waals surface area contributed by atoms with Crippen LogP contribution in [0.2, 0.25) is 5.02 Å². The minimum absolute atomic E-state index is 0.181. The Balaban J connectivity index is 3.44. The number of alkyl halides is 3. The third kappa shape index (κ3) is 2.38. The lowest BCUT2D eigenvalue weighted by molar-refractivity contribution is -0.137. The number of carbonyl (C=O) groups excluding carboxylic acids is 1. The van der Waals surface area contributed by atoms with Crippen molar-refractivity contribution in [2.45, 2.75) is 6.18 Å². The molecule has 0 unspecified atom stereocenters. The average Bonchev–Trinajstić information content (AvgIpc) is 2.01. The molecule has 0 fully saturated rings. The number of hydrogen-bond acceptors (Lipinski definition) is 1. The number of rotatable bonds is 1. The minimum Gasteiger partial charge on any atom is -0.282 e. The van der Waals surface area contributed by atoms with E-state index >= 15 is 0 Å². The zero-order valence-electron chi connectivity index (χ0n) is 6.53. The molecule has 0 spiro atoms. The first-order chi connectivity index (χ1) is 6.34. The molecule has 0 bridgehead atoms. The van der Waals surface area contributed by atoms with Crippen molar-refractivity contribution in [1.82, 2.24) is 0 Å². The van der Waals surface area contributed by atoms with E-state index in [-0.39, 0.29) is 5.02 Å². The molecule has 1 rings (SSSR count). The third-order valence-corrected chi connectivity index (χ3v) is 2.37. The van der Waals surface area contributed by atoms with E-state index in [2.05, 4.69) is 0 Å². The highest BCUT2D eigenvalue weighted by Crippen LogP contribution is 2.35. The Morgan fingerprint density at radius 3 is 2.29 bits per heavy atom. The summed E-state index contributed by atoms with van der Waals surface area (Å²) in [5.41, 5.74) is -1.48. The van der Waals surface area contributed by atoms with Crippen LogP contribution in [0.25, 0.3) is 0 Å². The van der Waals surface area contributed by atoms with Gasteiger partial charge in [-0.1, -0.05) is 17.7 Å². The zero-order valence-corrected chi connectivity index (χ0v) is 9.44. The summed E-state index contributed by atoms with van der Waals surface area (Å²) >= 11 is 6.78. The molecule has 14 heavy (non-hydrogen) atoms. The third-order valence-electron chi connectivity index (χ3n) is 1.52. The average molecular weight is 334 g/mol. The van der Waals surface area contributed by atoms with Gasteiger partial charge in [-0.05, 0) is 12.1 Å². The summed E-state index contributed by atoms with van der Waals surface area (Å²) < 4.78 is 36.4. The molecule has 0 aromatic heterocycles. The van der Waals surface area contributed by atoms with Crippen LogP contribution in [0.1, 0.15) is 15.9 Å². The second kappa shape index (κ2) is 4.06. The molecule has 1 aromatic rings. The van der Waals surface area contributed by atoms with E-state index in [1.807, 2.05) is 0 Å². The van der Waals surface area contributed by atoms with Crippen LogP contribution < -0.4 is 0 Å². The molecule has 0 aliphatic heterocycles. The van der Waals surface area contributed by atoms with Crippen molar-refractivity contribution in [3.63, 3.8) is 0 Å². The number of halogens is 5. The molecular formula is C8H3ClF3IO. The summed E-state index contributed by atoms with van der Waals surface area (Å²) in [6, 6.07) is 3.24. The van der Waals surface area contributed by atoms with Gasteiger partial charge in [0.05, 0.1) is 16.1 Å². The first kappa shape index (κ1) is 11.8. The predicted octanol–water partition coefficient (Wildman–Crippen LogP) is 3.93. The second-order valence-electron chi connectivity index (χ2n) is 2.43. The van der Waals surface area contributed by atoms with Gasteiger partial charge < -0.3 is 0 Å². The number of carbonyl (C=O) groups is 1. The van der Waals surface area contributed by atoms with E-state index in [4.69, 9.17) is 11.6 Å². The van der Waals surface area contributed by atoms with Crippen LogP contribution in [0, 0.1) is 0 Å². The lowest BCUT2D eigenvalue weighted by Crippen LogP contribution is -2.10. The van der Waals surface area contributed by atoms with Crippen LogP contribution in [0.4, 0.5) is 13.2 Å². The van der Waals surface area contributed by atoms with Crippen LogP contribution in [0.5, 0.6) is 0 Å². The summed E-state index contributed by atoms with van der Waals surface area (Å²) in [5, 5.41) is -0.181. The Morgan fingerprint density at radius 1 is 1.36 bits per heavy atom. The molecule has 6 heteroatoms. The molecule has 0 heterocycles. The van der Waals surface area contributed by atoms with E-state index in [1.165, 1.54) is 28.7 Å². The maximum absolute atomic E-state index is 12.4. The molecule has 0 aliphatic rings. The van der Waals surface area contributed by atoms with Gasteiger partial charge in [-0.15, -0.1) is 0 Å². The molecule has 0 saturated carbocycles. The van der Waals surface area contributed by atoms with Crippen molar-refractivity contribution in [3.05, 3.63) is 34.3 Å². The van der Waals surface area contributed by atoms with Crippen LogP contribution in [-0.4, -0.2) is 3.79 Å². The van der Waals surface area contributed by atoms with Crippen LogP contribution in [-0.2, 0) is 6.18 Å². The maximum Gasteiger partial charge on any atom is 0.417 e. The molecule has 0 N–H and O–H groups in total. The molecular weight excluding hydrogens is 331 g/mol. The summed E-state index contributed by atoms with van der Waals surface area (Å²) in [7, 11) is 0. The van der Waals surface area contributed by atoms with Gasteiger partial charge in [-0.25, -0.2) is 0 Å². The fourth-order valence-corrected chi connectivity index (χ4v) is 1.96. The van der Waals surface area contributed by atoms with Crippen molar-refractivity contribution in [1.29, 1.82) is 0 Å². The Labute approximate surface area is 96.4 Å². The van der Waals surface area contributed by atoms with Crippen molar-refractivity contribution in [2.75, 3.05) is 0 Å². The smallest absolute Gasteiger partial charge is 0.282 e. The quantitative estimate of drug-likeness (QED) is 0.562. The predicted molar refractivity (Wildman–Crippen MR) is 54.8 cm³/mol. The SMILES string of the molecule is O=C(I)c1c(Cl)cccc1C(F)(F)F. The fraction of sp³-hybridized carbons (Fsp3) is 0.125. The normalized spacial score (nSPS) is 11.5. The summed E-state index contributed by atoms with van der Waals surface area (Å²) in [4.78, 5) is 10.9. The Kier molecular flexibility index (Phi) is 3.41. The molecule has 1 aromatic carbocycles. The molecule has 0 atom stereocenters. The Morgan fingerprint density at radius 2 is 1.93 bits per heavy atom. The number of benzene rings is 1. The van der Waals surface area contributed by atoms with E-state index in [0.717, 1.165) is 12.1 Å². The largest absolute Gasteiger partial charge is 0.417 e. The van der Waals surface area contributed by atoms with E-state index in [1.54, 1.807) is 0 Å². The molecule has 0 saturated heterocycles. The van der Waals surface area contributed by atoms with Gasteiger partial charge in [0.15, 0.2) is 0 Å². The van der Waals surface area contributed by atoms with E-state index in [9.17, 15) is 18.0 Å². The van der Waals surface area contributed by atoms with Crippen molar-refractivity contribution in [3.8, 4) is 0 Å². The van der Waals surface area contributed by atoms with E-state index < -0.39 is 21.1 Å². The molecule has 76 valence electrons. The maximum atomic E-state index is 12.4. The second-order valence-corrected chi connectivity index (χ2v) is 3.82. The van der Waals surface area contributed by atoms with Gasteiger partial charge in [-0.2, -0.15) is 13.2 Å². The highest BCUT2D eigenvalue weighted by Gasteiger charge is 2.35. The van der Waals surface area contributed by atoms with Gasteiger partial charge >= 0.3 is 6.18 Å². The van der Waals surface area contributed by atoms with Crippen LogP contribution in [0.3, 0.4) is 0 Å². The highest BCUT2D eigenvalue weighted by molar-refractivity contribution is 14.1. The van der Waals surface area contributed by atoms with Crippen LogP contribution in [0.15, 0.2) is 18.2 Å². The summed E-state index contributed by atoms with van der Waals surface area (Å²) in [5.74, 6) is 0. The molecule has 0 amide bonds. The van der Waals surface area contributed by atoms with Crippen molar-refractivity contribution in [2.24, 2.45) is 0 Å². The zero-order chi connectivity index (χ0) is 10.9.